The quantitative estimate of drug-likeness (QED) is 0.781. The van der Waals surface area contributed by atoms with Crippen LogP contribution in [0.2, 0.25) is 0 Å². The summed E-state index contributed by atoms with van der Waals surface area (Å²) >= 11 is 0. The summed E-state index contributed by atoms with van der Waals surface area (Å²) in [6, 6.07) is 10.2. The van der Waals surface area contributed by atoms with E-state index in [1.165, 1.54) is 5.56 Å². The molecule has 0 bridgehead atoms. The topological polar surface area (TPSA) is 35.6 Å². The maximum Gasteiger partial charge on any atom is 0.227 e. The lowest BCUT2D eigenvalue weighted by Gasteiger charge is -2.27. The van der Waals surface area contributed by atoms with E-state index in [0.29, 0.717) is 13.1 Å². The highest BCUT2D eigenvalue weighted by Crippen LogP contribution is 2.09. The first-order valence-electron chi connectivity index (χ1n) is 7.16. The SMILES string of the molecule is CNCC(C)C(=O)N(CCN(C)C)Cc1ccccc1. The van der Waals surface area contributed by atoms with E-state index in [1.54, 1.807) is 0 Å². The molecule has 4 heteroatoms. The number of likely N-dealkylation sites (N-methyl/N-ethyl adjacent to an activating group) is 1. The van der Waals surface area contributed by atoms with Gasteiger partial charge in [-0.2, -0.15) is 0 Å². The highest BCUT2D eigenvalue weighted by Gasteiger charge is 2.20. The lowest BCUT2D eigenvalue weighted by Crippen LogP contribution is -2.41. The summed E-state index contributed by atoms with van der Waals surface area (Å²) < 4.78 is 0. The van der Waals surface area contributed by atoms with Gasteiger partial charge in [-0.3, -0.25) is 4.79 Å². The lowest BCUT2D eigenvalue weighted by molar-refractivity contribution is -0.135. The van der Waals surface area contributed by atoms with Crippen molar-refractivity contribution in [2.45, 2.75) is 13.5 Å². The summed E-state index contributed by atoms with van der Waals surface area (Å²) in [4.78, 5) is 16.6. The third kappa shape index (κ3) is 5.72. The van der Waals surface area contributed by atoms with E-state index in [1.807, 2.05) is 51.2 Å². The first-order valence-corrected chi connectivity index (χ1v) is 7.16. The predicted octanol–water partition coefficient (Wildman–Crippen LogP) is 1.43. The zero-order valence-corrected chi connectivity index (χ0v) is 13.1. The van der Waals surface area contributed by atoms with Gasteiger partial charge in [-0.05, 0) is 26.7 Å². The van der Waals surface area contributed by atoms with Gasteiger partial charge in [0.15, 0.2) is 0 Å². The molecule has 20 heavy (non-hydrogen) atoms. The number of nitrogens with zero attached hydrogens (tertiary/aromatic N) is 2. The van der Waals surface area contributed by atoms with Gasteiger partial charge in [-0.1, -0.05) is 37.3 Å². The van der Waals surface area contributed by atoms with Gasteiger partial charge >= 0.3 is 0 Å². The van der Waals surface area contributed by atoms with Crippen molar-refractivity contribution in [1.29, 1.82) is 0 Å². The minimum Gasteiger partial charge on any atom is -0.337 e. The molecule has 0 aromatic heterocycles. The number of carbonyl (C=O) groups excluding carboxylic acids is 1. The Hall–Kier alpha value is -1.39. The van der Waals surface area contributed by atoms with Gasteiger partial charge in [0.05, 0.1) is 0 Å². The summed E-state index contributed by atoms with van der Waals surface area (Å²) in [6.07, 6.45) is 0. The number of rotatable bonds is 8. The van der Waals surface area contributed by atoms with Crippen LogP contribution in [0.3, 0.4) is 0 Å². The van der Waals surface area contributed by atoms with Crippen molar-refractivity contribution < 1.29 is 4.79 Å². The zero-order valence-electron chi connectivity index (χ0n) is 13.1. The molecule has 0 heterocycles. The second-order valence-electron chi connectivity index (χ2n) is 5.51. The number of hydrogen-bond donors (Lipinski definition) is 1. The summed E-state index contributed by atoms with van der Waals surface area (Å²) in [5.74, 6) is 0.218. The van der Waals surface area contributed by atoms with Crippen LogP contribution in [0.5, 0.6) is 0 Å². The molecule has 1 amide bonds. The number of nitrogens with one attached hydrogen (secondary N) is 1. The van der Waals surface area contributed by atoms with Crippen LogP contribution in [0.15, 0.2) is 30.3 Å². The molecule has 0 saturated carbocycles. The summed E-state index contributed by atoms with van der Waals surface area (Å²) in [5, 5.41) is 3.07. The fourth-order valence-electron chi connectivity index (χ4n) is 2.10. The van der Waals surface area contributed by atoms with Gasteiger partial charge in [0.25, 0.3) is 0 Å². The van der Waals surface area contributed by atoms with Crippen LogP contribution in [0.4, 0.5) is 0 Å². The molecule has 1 aromatic carbocycles. The molecule has 1 aromatic rings. The molecular formula is C16H27N3O. The molecular weight excluding hydrogens is 250 g/mol. The Morgan fingerprint density at radius 3 is 2.40 bits per heavy atom. The van der Waals surface area contributed by atoms with Crippen molar-refractivity contribution in [3.8, 4) is 0 Å². The summed E-state index contributed by atoms with van der Waals surface area (Å²) in [5.41, 5.74) is 1.18. The lowest BCUT2D eigenvalue weighted by atomic mass is 10.1. The Kier molecular flexibility index (Phi) is 7.26. The Morgan fingerprint density at radius 1 is 1.20 bits per heavy atom. The second-order valence-corrected chi connectivity index (χ2v) is 5.51. The minimum absolute atomic E-state index is 0.00544. The van der Waals surface area contributed by atoms with Crippen LogP contribution in [-0.2, 0) is 11.3 Å². The van der Waals surface area contributed by atoms with Gasteiger partial charge < -0.3 is 15.1 Å². The van der Waals surface area contributed by atoms with Gasteiger partial charge in [-0.15, -0.1) is 0 Å². The van der Waals surface area contributed by atoms with Gasteiger partial charge in [0.2, 0.25) is 5.91 Å². The fourth-order valence-corrected chi connectivity index (χ4v) is 2.10. The van der Waals surface area contributed by atoms with Crippen molar-refractivity contribution in [2.24, 2.45) is 5.92 Å². The van der Waals surface area contributed by atoms with Crippen LogP contribution in [0, 0.1) is 5.92 Å². The van der Waals surface area contributed by atoms with Gasteiger partial charge in [0.1, 0.15) is 0 Å². The Bertz CT molecular complexity index is 392. The maximum atomic E-state index is 12.5. The van der Waals surface area contributed by atoms with Crippen LogP contribution >= 0.6 is 0 Å². The smallest absolute Gasteiger partial charge is 0.227 e. The first-order chi connectivity index (χ1) is 9.54. The van der Waals surface area contributed by atoms with E-state index in [0.717, 1.165) is 13.1 Å². The van der Waals surface area contributed by atoms with Crippen molar-refractivity contribution in [1.82, 2.24) is 15.1 Å². The molecule has 1 atom stereocenters. The van der Waals surface area contributed by atoms with Crippen molar-refractivity contribution in [2.75, 3.05) is 40.8 Å². The average molecular weight is 277 g/mol. The molecule has 1 N–H and O–H groups in total. The Balaban J connectivity index is 2.71. The van der Waals surface area contributed by atoms with E-state index < -0.39 is 0 Å². The number of carbonyl (C=O) groups is 1. The Labute approximate surface area is 122 Å². The van der Waals surface area contributed by atoms with E-state index in [2.05, 4.69) is 22.3 Å². The number of amides is 1. The maximum absolute atomic E-state index is 12.5. The number of benzene rings is 1. The summed E-state index contributed by atoms with van der Waals surface area (Å²) in [7, 11) is 5.94. The molecule has 0 saturated heterocycles. The minimum atomic E-state index is 0.00544. The normalized spacial score (nSPS) is 12.4. The predicted molar refractivity (Wildman–Crippen MR) is 83.5 cm³/mol. The Morgan fingerprint density at radius 2 is 1.85 bits per heavy atom. The molecule has 0 spiro atoms. The zero-order chi connectivity index (χ0) is 15.0. The molecule has 1 rings (SSSR count). The molecule has 4 nitrogen and oxygen atoms in total. The number of hydrogen-bond acceptors (Lipinski definition) is 3. The molecule has 1 unspecified atom stereocenters. The third-order valence-corrected chi connectivity index (χ3v) is 3.28. The van der Waals surface area contributed by atoms with E-state index in [9.17, 15) is 4.79 Å². The molecule has 0 radical (unpaired) electrons. The van der Waals surface area contributed by atoms with Crippen LogP contribution < -0.4 is 5.32 Å². The molecule has 0 aliphatic rings. The summed E-state index contributed by atoms with van der Waals surface area (Å²) in [6.45, 7) is 5.01. The van der Waals surface area contributed by atoms with E-state index in [-0.39, 0.29) is 11.8 Å². The highest BCUT2D eigenvalue weighted by molar-refractivity contribution is 5.78. The highest BCUT2D eigenvalue weighted by atomic mass is 16.2. The average Bonchev–Trinajstić information content (AvgIpc) is 2.44. The van der Waals surface area contributed by atoms with E-state index in [4.69, 9.17) is 0 Å². The van der Waals surface area contributed by atoms with Crippen LogP contribution in [0.1, 0.15) is 12.5 Å². The first kappa shape index (κ1) is 16.7. The van der Waals surface area contributed by atoms with Crippen LogP contribution in [-0.4, -0.2) is 56.5 Å². The van der Waals surface area contributed by atoms with E-state index >= 15 is 0 Å². The fraction of sp³-hybridized carbons (Fsp3) is 0.562. The standard InChI is InChI=1S/C16H27N3O/c1-14(12-17-2)16(20)19(11-10-18(3)4)13-15-8-6-5-7-9-15/h5-9,14,17H,10-13H2,1-4H3. The van der Waals surface area contributed by atoms with Gasteiger partial charge in [0, 0.05) is 32.1 Å². The molecule has 0 aliphatic carbocycles. The monoisotopic (exact) mass is 277 g/mol. The molecule has 112 valence electrons. The van der Waals surface area contributed by atoms with Gasteiger partial charge in [-0.25, -0.2) is 0 Å². The van der Waals surface area contributed by atoms with Crippen molar-refractivity contribution in [3.63, 3.8) is 0 Å². The molecule has 0 aliphatic heterocycles. The van der Waals surface area contributed by atoms with Crippen molar-refractivity contribution >= 4 is 5.91 Å². The second kappa shape index (κ2) is 8.72. The van der Waals surface area contributed by atoms with Crippen molar-refractivity contribution in [3.05, 3.63) is 35.9 Å². The largest absolute Gasteiger partial charge is 0.337 e. The van der Waals surface area contributed by atoms with Crippen LogP contribution in [0.25, 0.3) is 0 Å². The third-order valence-electron chi connectivity index (χ3n) is 3.28. The molecule has 0 fully saturated rings.